The average Bonchev–Trinajstić information content (AvgIpc) is 2.74. The van der Waals surface area contributed by atoms with Crippen LogP contribution in [0.1, 0.15) is 39.0 Å². The lowest BCUT2D eigenvalue weighted by Gasteiger charge is -2.37. The Morgan fingerprint density at radius 2 is 2.04 bits per heavy atom. The molecule has 0 unspecified atom stereocenters. The zero-order valence-corrected chi connectivity index (χ0v) is 14.8. The smallest absolute Gasteiger partial charge is 0.230 e. The van der Waals surface area contributed by atoms with Crippen LogP contribution in [0.15, 0.2) is 18.2 Å². The topological polar surface area (TPSA) is 50.8 Å². The first-order valence-electron chi connectivity index (χ1n) is 8.99. The normalized spacial score (nSPS) is 20.1. The third-order valence-electron chi connectivity index (χ3n) is 5.27. The van der Waals surface area contributed by atoms with E-state index in [4.69, 9.17) is 9.47 Å². The standard InChI is InChI=1S/C19H28N2O3/c1-3-7-19(8-11-23-12-9-19)14-20-15-4-5-17-16(13-15)21(2)18(22)6-10-24-17/h4-5,13,20H,3,6-12,14H2,1-2H3. The van der Waals surface area contributed by atoms with Gasteiger partial charge in [-0.3, -0.25) is 4.79 Å². The van der Waals surface area contributed by atoms with Crippen molar-refractivity contribution in [1.29, 1.82) is 0 Å². The number of nitrogens with one attached hydrogen (secondary N) is 1. The number of hydrogen-bond donors (Lipinski definition) is 1. The molecular formula is C19H28N2O3. The molecule has 0 spiro atoms. The SMILES string of the molecule is CCCC1(CNc2ccc3c(c2)N(C)C(=O)CCO3)CCOCC1. The van der Waals surface area contributed by atoms with Gasteiger partial charge in [0.1, 0.15) is 5.75 Å². The molecule has 1 amide bonds. The Morgan fingerprint density at radius 1 is 1.25 bits per heavy atom. The van der Waals surface area contributed by atoms with E-state index in [-0.39, 0.29) is 5.91 Å². The zero-order chi connectivity index (χ0) is 17.0. The van der Waals surface area contributed by atoms with Crippen LogP contribution in [0.2, 0.25) is 0 Å². The summed E-state index contributed by atoms with van der Waals surface area (Å²) in [5.41, 5.74) is 2.21. The Morgan fingerprint density at radius 3 is 2.79 bits per heavy atom. The van der Waals surface area contributed by atoms with Crippen molar-refractivity contribution in [2.24, 2.45) is 5.41 Å². The van der Waals surface area contributed by atoms with Crippen molar-refractivity contribution < 1.29 is 14.3 Å². The van der Waals surface area contributed by atoms with E-state index in [9.17, 15) is 4.79 Å². The number of fused-ring (bicyclic) bond motifs is 1. The van der Waals surface area contributed by atoms with Gasteiger partial charge in [-0.05, 0) is 42.9 Å². The molecule has 0 aliphatic carbocycles. The first kappa shape index (κ1) is 17.1. The summed E-state index contributed by atoms with van der Waals surface area (Å²) in [6, 6.07) is 6.03. The van der Waals surface area contributed by atoms with Gasteiger partial charge in [-0.15, -0.1) is 0 Å². The van der Waals surface area contributed by atoms with E-state index >= 15 is 0 Å². The number of anilines is 2. The Bertz CT molecular complexity index is 576. The Kier molecular flexibility index (Phi) is 5.29. The van der Waals surface area contributed by atoms with Crippen LogP contribution in [0.4, 0.5) is 11.4 Å². The van der Waals surface area contributed by atoms with Gasteiger partial charge in [-0.1, -0.05) is 13.3 Å². The molecule has 5 nitrogen and oxygen atoms in total. The monoisotopic (exact) mass is 332 g/mol. The minimum atomic E-state index is 0.0952. The average molecular weight is 332 g/mol. The lowest BCUT2D eigenvalue weighted by Crippen LogP contribution is -2.36. The van der Waals surface area contributed by atoms with Crippen LogP contribution in [-0.2, 0) is 9.53 Å². The van der Waals surface area contributed by atoms with Gasteiger partial charge in [0.25, 0.3) is 0 Å². The van der Waals surface area contributed by atoms with Crippen molar-refractivity contribution in [3.8, 4) is 5.75 Å². The lowest BCUT2D eigenvalue weighted by atomic mass is 9.76. The third-order valence-corrected chi connectivity index (χ3v) is 5.27. The number of benzene rings is 1. The quantitative estimate of drug-likeness (QED) is 0.897. The van der Waals surface area contributed by atoms with Crippen molar-refractivity contribution in [2.45, 2.75) is 39.0 Å². The largest absolute Gasteiger partial charge is 0.491 e. The fourth-order valence-corrected chi connectivity index (χ4v) is 3.70. The maximum atomic E-state index is 12.0. The summed E-state index contributed by atoms with van der Waals surface area (Å²) in [7, 11) is 1.82. The fourth-order valence-electron chi connectivity index (χ4n) is 3.70. The molecule has 1 saturated heterocycles. The van der Waals surface area contributed by atoms with E-state index in [1.54, 1.807) is 4.90 Å². The fraction of sp³-hybridized carbons (Fsp3) is 0.632. The van der Waals surface area contributed by atoms with Crippen LogP contribution in [0.25, 0.3) is 0 Å². The molecule has 1 N–H and O–H groups in total. The van der Waals surface area contributed by atoms with Crippen LogP contribution in [-0.4, -0.2) is 39.3 Å². The maximum absolute atomic E-state index is 12.0. The van der Waals surface area contributed by atoms with Gasteiger partial charge in [-0.2, -0.15) is 0 Å². The van der Waals surface area contributed by atoms with E-state index in [0.717, 1.165) is 49.7 Å². The van der Waals surface area contributed by atoms with E-state index in [1.165, 1.54) is 12.8 Å². The van der Waals surface area contributed by atoms with Gasteiger partial charge in [0.05, 0.1) is 18.7 Å². The summed E-state index contributed by atoms with van der Waals surface area (Å²) in [5, 5.41) is 3.60. The Hall–Kier alpha value is -1.75. The number of hydrogen-bond acceptors (Lipinski definition) is 4. The molecule has 1 aromatic carbocycles. The second-order valence-corrected chi connectivity index (χ2v) is 6.95. The summed E-state index contributed by atoms with van der Waals surface area (Å²) in [5.74, 6) is 0.876. The maximum Gasteiger partial charge on any atom is 0.230 e. The Labute approximate surface area is 144 Å². The molecule has 1 aromatic rings. The number of nitrogens with zero attached hydrogens (tertiary/aromatic N) is 1. The van der Waals surface area contributed by atoms with Crippen molar-refractivity contribution in [3.05, 3.63) is 18.2 Å². The molecule has 0 saturated carbocycles. The van der Waals surface area contributed by atoms with Crippen LogP contribution >= 0.6 is 0 Å². The first-order chi connectivity index (χ1) is 11.6. The van der Waals surface area contributed by atoms with E-state index in [2.05, 4.69) is 12.2 Å². The van der Waals surface area contributed by atoms with E-state index < -0.39 is 0 Å². The molecule has 2 aliphatic rings. The number of ether oxygens (including phenoxy) is 2. The van der Waals surface area contributed by atoms with Gasteiger partial charge < -0.3 is 19.7 Å². The third kappa shape index (κ3) is 3.66. The number of amides is 1. The van der Waals surface area contributed by atoms with Gasteiger partial charge in [-0.25, -0.2) is 0 Å². The highest BCUT2D eigenvalue weighted by Gasteiger charge is 2.31. The van der Waals surface area contributed by atoms with Crippen molar-refractivity contribution in [1.82, 2.24) is 0 Å². The first-order valence-corrected chi connectivity index (χ1v) is 8.99. The summed E-state index contributed by atoms with van der Waals surface area (Å²) < 4.78 is 11.2. The van der Waals surface area contributed by atoms with Crippen LogP contribution < -0.4 is 15.0 Å². The van der Waals surface area contributed by atoms with E-state index in [1.807, 2.05) is 25.2 Å². The molecule has 1 fully saturated rings. The molecule has 2 heterocycles. The van der Waals surface area contributed by atoms with Crippen molar-refractivity contribution in [3.63, 3.8) is 0 Å². The van der Waals surface area contributed by atoms with E-state index in [0.29, 0.717) is 18.4 Å². The predicted molar refractivity (Wildman–Crippen MR) is 95.8 cm³/mol. The minimum Gasteiger partial charge on any atom is -0.491 e. The molecule has 2 aliphatic heterocycles. The number of carbonyl (C=O) groups excluding carboxylic acids is 1. The highest BCUT2D eigenvalue weighted by molar-refractivity contribution is 5.95. The second-order valence-electron chi connectivity index (χ2n) is 6.95. The summed E-state index contributed by atoms with van der Waals surface area (Å²) in [6.07, 6.45) is 5.06. The van der Waals surface area contributed by atoms with Gasteiger partial charge >= 0.3 is 0 Å². The van der Waals surface area contributed by atoms with Crippen LogP contribution in [0.3, 0.4) is 0 Å². The molecule has 0 aromatic heterocycles. The molecule has 0 bridgehead atoms. The lowest BCUT2D eigenvalue weighted by molar-refractivity contribution is -0.118. The van der Waals surface area contributed by atoms with Crippen LogP contribution in [0.5, 0.6) is 5.75 Å². The molecule has 5 heteroatoms. The molecular weight excluding hydrogens is 304 g/mol. The van der Waals surface area contributed by atoms with Gasteiger partial charge in [0, 0.05) is 32.5 Å². The molecule has 132 valence electrons. The highest BCUT2D eigenvalue weighted by atomic mass is 16.5. The molecule has 0 radical (unpaired) electrons. The molecule has 24 heavy (non-hydrogen) atoms. The summed E-state index contributed by atoms with van der Waals surface area (Å²) in [4.78, 5) is 13.7. The van der Waals surface area contributed by atoms with Gasteiger partial charge in [0.15, 0.2) is 0 Å². The highest BCUT2D eigenvalue weighted by Crippen LogP contribution is 2.37. The second kappa shape index (κ2) is 7.43. The van der Waals surface area contributed by atoms with Gasteiger partial charge in [0.2, 0.25) is 5.91 Å². The number of carbonyl (C=O) groups is 1. The molecule has 3 rings (SSSR count). The molecule has 0 atom stereocenters. The van der Waals surface area contributed by atoms with Crippen molar-refractivity contribution >= 4 is 17.3 Å². The minimum absolute atomic E-state index is 0.0952. The summed E-state index contributed by atoms with van der Waals surface area (Å²) >= 11 is 0. The zero-order valence-electron chi connectivity index (χ0n) is 14.8. The van der Waals surface area contributed by atoms with Crippen LogP contribution in [0, 0.1) is 5.41 Å². The Balaban J connectivity index is 1.73. The number of rotatable bonds is 5. The van der Waals surface area contributed by atoms with Crippen molar-refractivity contribution in [2.75, 3.05) is 43.6 Å². The summed E-state index contributed by atoms with van der Waals surface area (Å²) in [6.45, 7) is 5.36. The predicted octanol–water partition coefficient (Wildman–Crippen LogP) is 3.44.